The topological polar surface area (TPSA) is 43.9 Å². The fourth-order valence-electron chi connectivity index (χ4n) is 3.18. The van der Waals surface area contributed by atoms with Gasteiger partial charge in [-0.25, -0.2) is 0 Å². The number of hydrogen-bond acceptors (Lipinski definition) is 3. The summed E-state index contributed by atoms with van der Waals surface area (Å²) in [7, 11) is 1.85. The van der Waals surface area contributed by atoms with Crippen LogP contribution in [-0.2, 0) is 4.79 Å². The summed E-state index contributed by atoms with van der Waals surface area (Å²) >= 11 is 5.95. The van der Waals surface area contributed by atoms with E-state index in [-0.39, 0.29) is 17.9 Å². The van der Waals surface area contributed by atoms with Crippen LogP contribution in [0, 0.1) is 0 Å². The van der Waals surface area contributed by atoms with Crippen molar-refractivity contribution in [2.24, 2.45) is 0 Å². The molecule has 1 unspecified atom stereocenters. The van der Waals surface area contributed by atoms with E-state index in [4.69, 9.17) is 11.6 Å². The van der Waals surface area contributed by atoms with Gasteiger partial charge in [0.25, 0.3) is 5.91 Å². The van der Waals surface area contributed by atoms with Crippen molar-refractivity contribution in [2.75, 3.05) is 39.8 Å². The second-order valence-electron chi connectivity index (χ2n) is 5.90. The maximum atomic E-state index is 12.5. The van der Waals surface area contributed by atoms with Crippen LogP contribution < -0.4 is 0 Å². The minimum absolute atomic E-state index is 0.00609. The number of carbonyl (C=O) groups excluding carboxylic acids is 2. The van der Waals surface area contributed by atoms with Crippen molar-refractivity contribution in [1.29, 1.82) is 0 Å². The van der Waals surface area contributed by atoms with Crippen LogP contribution in [-0.4, -0.2) is 72.3 Å². The summed E-state index contributed by atoms with van der Waals surface area (Å²) in [5.41, 5.74) is 0.623. The van der Waals surface area contributed by atoms with Crippen LogP contribution >= 0.6 is 11.6 Å². The molecule has 6 heteroatoms. The summed E-state index contributed by atoms with van der Waals surface area (Å²) in [5, 5.41) is 0.573. The molecule has 1 aromatic rings. The Morgan fingerprint density at radius 2 is 1.91 bits per heavy atom. The Hall–Kier alpha value is -1.59. The normalized spacial score (nSPS) is 23.2. The summed E-state index contributed by atoms with van der Waals surface area (Å²) < 4.78 is 0. The quantitative estimate of drug-likeness (QED) is 0.825. The number of likely N-dealkylation sites (tertiary alicyclic amines) is 1. The molecule has 2 heterocycles. The largest absolute Gasteiger partial charge is 0.344 e. The Morgan fingerprint density at radius 1 is 1.18 bits per heavy atom. The number of rotatable bonds is 2. The zero-order valence-corrected chi connectivity index (χ0v) is 13.4. The predicted octanol–water partition coefficient (Wildman–Crippen LogP) is 1.33. The molecule has 0 radical (unpaired) electrons. The van der Waals surface area contributed by atoms with Crippen molar-refractivity contribution in [1.82, 2.24) is 14.7 Å². The molecule has 0 N–H and O–H groups in total. The second kappa shape index (κ2) is 6.26. The van der Waals surface area contributed by atoms with Gasteiger partial charge in [0, 0.05) is 50.4 Å². The molecule has 2 amide bonds. The Balaban J connectivity index is 1.60. The number of likely N-dealkylation sites (N-methyl/N-ethyl adjacent to an activating group) is 1. The third-order valence-corrected chi connectivity index (χ3v) is 4.75. The smallest absolute Gasteiger partial charge is 0.253 e. The molecule has 1 atom stereocenters. The van der Waals surface area contributed by atoms with Crippen molar-refractivity contribution < 1.29 is 9.59 Å². The molecule has 0 aromatic heterocycles. The molecule has 3 rings (SSSR count). The number of hydrogen-bond donors (Lipinski definition) is 0. The van der Waals surface area contributed by atoms with Gasteiger partial charge in [0.15, 0.2) is 0 Å². The van der Waals surface area contributed by atoms with E-state index in [9.17, 15) is 9.59 Å². The maximum absolute atomic E-state index is 12.5. The van der Waals surface area contributed by atoms with Gasteiger partial charge in [-0.15, -0.1) is 0 Å². The molecule has 1 aromatic carbocycles. The van der Waals surface area contributed by atoms with E-state index >= 15 is 0 Å². The van der Waals surface area contributed by atoms with E-state index < -0.39 is 0 Å². The predicted molar refractivity (Wildman–Crippen MR) is 85.0 cm³/mol. The van der Waals surface area contributed by atoms with Crippen LogP contribution in [0.2, 0.25) is 5.02 Å². The molecule has 0 saturated carbocycles. The van der Waals surface area contributed by atoms with E-state index in [0.29, 0.717) is 23.7 Å². The zero-order chi connectivity index (χ0) is 15.7. The number of amides is 2. The average molecular weight is 322 g/mol. The fourth-order valence-corrected chi connectivity index (χ4v) is 3.37. The first kappa shape index (κ1) is 15.3. The molecule has 2 fully saturated rings. The Bertz CT molecular complexity index is 585. The second-order valence-corrected chi connectivity index (χ2v) is 6.34. The molecular formula is C16H20ClN3O2. The van der Waals surface area contributed by atoms with Crippen molar-refractivity contribution in [3.05, 3.63) is 34.9 Å². The van der Waals surface area contributed by atoms with Crippen molar-refractivity contribution in [3.8, 4) is 0 Å². The fraction of sp³-hybridized carbons (Fsp3) is 0.500. The van der Waals surface area contributed by atoms with Crippen LogP contribution in [0.15, 0.2) is 24.3 Å². The van der Waals surface area contributed by atoms with Crippen molar-refractivity contribution in [2.45, 2.75) is 12.5 Å². The molecule has 2 aliphatic heterocycles. The average Bonchev–Trinajstić information content (AvgIpc) is 2.86. The third-order valence-electron chi connectivity index (χ3n) is 4.51. The van der Waals surface area contributed by atoms with E-state index in [0.717, 1.165) is 26.1 Å². The van der Waals surface area contributed by atoms with Crippen LogP contribution in [0.1, 0.15) is 16.8 Å². The third kappa shape index (κ3) is 2.96. The number of nitrogens with zero attached hydrogens (tertiary/aromatic N) is 3. The van der Waals surface area contributed by atoms with Crippen LogP contribution in [0.3, 0.4) is 0 Å². The molecule has 5 nitrogen and oxygen atoms in total. The molecule has 0 aliphatic carbocycles. The summed E-state index contributed by atoms with van der Waals surface area (Å²) in [6.07, 6.45) is 0.886. The molecule has 0 spiro atoms. The Labute approximate surface area is 135 Å². The Kier molecular flexibility index (Phi) is 4.36. The van der Waals surface area contributed by atoms with Gasteiger partial charge in [0.2, 0.25) is 5.91 Å². The lowest BCUT2D eigenvalue weighted by Gasteiger charge is -2.37. The van der Waals surface area contributed by atoms with Gasteiger partial charge in [-0.3, -0.25) is 14.5 Å². The zero-order valence-electron chi connectivity index (χ0n) is 12.7. The first-order valence-corrected chi connectivity index (χ1v) is 7.98. The number of benzene rings is 1. The van der Waals surface area contributed by atoms with Crippen LogP contribution in [0.25, 0.3) is 0 Å². The minimum atomic E-state index is -0.00609. The number of halogens is 1. The standard InChI is InChI=1S/C16H20ClN3O2/c1-18-6-5-14(16(18)22)19-7-9-20(10-8-19)15(21)12-3-2-4-13(17)11-12/h2-4,11,14H,5-10H2,1H3. The molecular weight excluding hydrogens is 302 g/mol. The van der Waals surface area contributed by atoms with Crippen molar-refractivity contribution >= 4 is 23.4 Å². The highest BCUT2D eigenvalue weighted by Gasteiger charge is 2.36. The molecule has 118 valence electrons. The highest BCUT2D eigenvalue weighted by Crippen LogP contribution is 2.19. The number of carbonyl (C=O) groups is 2. The molecule has 2 saturated heterocycles. The summed E-state index contributed by atoms with van der Waals surface area (Å²) in [5.74, 6) is 0.214. The van der Waals surface area contributed by atoms with Crippen LogP contribution in [0.4, 0.5) is 0 Å². The van der Waals surface area contributed by atoms with Gasteiger partial charge < -0.3 is 9.80 Å². The van der Waals surface area contributed by atoms with E-state index in [1.165, 1.54) is 0 Å². The van der Waals surface area contributed by atoms with Gasteiger partial charge in [-0.05, 0) is 24.6 Å². The van der Waals surface area contributed by atoms with Gasteiger partial charge in [-0.2, -0.15) is 0 Å². The van der Waals surface area contributed by atoms with Gasteiger partial charge in [0.1, 0.15) is 0 Å². The maximum Gasteiger partial charge on any atom is 0.253 e. The van der Waals surface area contributed by atoms with Gasteiger partial charge >= 0.3 is 0 Å². The van der Waals surface area contributed by atoms with Gasteiger partial charge in [0.05, 0.1) is 6.04 Å². The highest BCUT2D eigenvalue weighted by molar-refractivity contribution is 6.30. The molecule has 22 heavy (non-hydrogen) atoms. The lowest BCUT2D eigenvalue weighted by Crippen LogP contribution is -2.53. The lowest BCUT2D eigenvalue weighted by atomic mass is 10.1. The first-order chi connectivity index (χ1) is 10.6. The monoisotopic (exact) mass is 321 g/mol. The number of piperazine rings is 1. The highest BCUT2D eigenvalue weighted by atomic mass is 35.5. The molecule has 0 bridgehead atoms. The molecule has 2 aliphatic rings. The summed E-state index contributed by atoms with van der Waals surface area (Å²) in [6.45, 7) is 3.62. The van der Waals surface area contributed by atoms with Crippen molar-refractivity contribution in [3.63, 3.8) is 0 Å². The first-order valence-electron chi connectivity index (χ1n) is 7.60. The van der Waals surface area contributed by atoms with Gasteiger partial charge in [-0.1, -0.05) is 17.7 Å². The van der Waals surface area contributed by atoms with E-state index in [2.05, 4.69) is 4.90 Å². The van der Waals surface area contributed by atoms with E-state index in [1.54, 1.807) is 29.2 Å². The summed E-state index contributed by atoms with van der Waals surface area (Å²) in [4.78, 5) is 30.4. The van der Waals surface area contributed by atoms with Crippen LogP contribution in [0.5, 0.6) is 0 Å². The Morgan fingerprint density at radius 3 is 2.50 bits per heavy atom. The summed E-state index contributed by atoms with van der Waals surface area (Å²) in [6, 6.07) is 7.03. The SMILES string of the molecule is CN1CCC(N2CCN(C(=O)c3cccc(Cl)c3)CC2)C1=O. The lowest BCUT2D eigenvalue weighted by molar-refractivity contribution is -0.131. The van der Waals surface area contributed by atoms with E-state index in [1.807, 2.05) is 11.9 Å². The minimum Gasteiger partial charge on any atom is -0.344 e.